The highest BCUT2D eigenvalue weighted by Crippen LogP contribution is 2.36. The van der Waals surface area contributed by atoms with Gasteiger partial charge in [0.1, 0.15) is 0 Å². The van der Waals surface area contributed by atoms with Crippen LogP contribution < -0.4 is 5.59 Å². The van der Waals surface area contributed by atoms with Crippen molar-refractivity contribution in [3.8, 4) is 0 Å². The minimum atomic E-state index is -0.791. The molecule has 0 spiro atoms. The third-order valence-corrected chi connectivity index (χ3v) is 3.47. The Bertz CT molecular complexity index is 417. The van der Waals surface area contributed by atoms with Gasteiger partial charge in [-0.3, -0.25) is 0 Å². The SMILES string of the molecule is CCn1nnc(B2OC(C)(C)C(C)(C)O2)c1F. The number of rotatable bonds is 2. The minimum Gasteiger partial charge on any atom is -0.398 e. The van der Waals surface area contributed by atoms with Crippen LogP contribution in [0.25, 0.3) is 0 Å². The predicted molar refractivity (Wildman–Crippen MR) is 61.4 cm³/mol. The smallest absolute Gasteiger partial charge is 0.398 e. The monoisotopic (exact) mass is 241 g/mol. The quantitative estimate of drug-likeness (QED) is 0.716. The molecule has 17 heavy (non-hydrogen) atoms. The standard InChI is InChI=1S/C10H17BFN3O2/c1-6-15-8(12)7(13-14-15)11-16-9(2,3)10(4,5)17-11/h6H2,1-5H3. The fourth-order valence-corrected chi connectivity index (χ4v) is 1.62. The van der Waals surface area contributed by atoms with Crippen LogP contribution in [0.15, 0.2) is 0 Å². The highest BCUT2D eigenvalue weighted by Gasteiger charge is 2.53. The molecule has 0 saturated carbocycles. The Labute approximate surface area is 100 Å². The molecule has 94 valence electrons. The summed E-state index contributed by atoms with van der Waals surface area (Å²) in [4.78, 5) is 0. The Kier molecular flexibility index (Phi) is 2.78. The summed E-state index contributed by atoms with van der Waals surface area (Å²) in [5.74, 6) is -0.494. The molecule has 1 saturated heterocycles. The normalized spacial score (nSPS) is 22.1. The Morgan fingerprint density at radius 3 is 2.18 bits per heavy atom. The van der Waals surface area contributed by atoms with Gasteiger partial charge < -0.3 is 9.31 Å². The van der Waals surface area contributed by atoms with E-state index < -0.39 is 24.3 Å². The zero-order valence-corrected chi connectivity index (χ0v) is 10.8. The van der Waals surface area contributed by atoms with E-state index >= 15 is 0 Å². The fourth-order valence-electron chi connectivity index (χ4n) is 1.62. The van der Waals surface area contributed by atoms with Crippen LogP contribution in [-0.2, 0) is 15.9 Å². The molecule has 7 heteroatoms. The van der Waals surface area contributed by atoms with Crippen molar-refractivity contribution in [3.63, 3.8) is 0 Å². The van der Waals surface area contributed by atoms with Crippen LogP contribution in [0.3, 0.4) is 0 Å². The van der Waals surface area contributed by atoms with Gasteiger partial charge in [0.2, 0.25) is 5.95 Å². The number of hydrogen-bond donors (Lipinski definition) is 0. The van der Waals surface area contributed by atoms with Crippen LogP contribution in [0, 0.1) is 5.95 Å². The average Bonchev–Trinajstić information content (AvgIpc) is 2.65. The molecule has 1 aliphatic heterocycles. The Hall–Kier alpha value is -0.945. The fraction of sp³-hybridized carbons (Fsp3) is 0.800. The summed E-state index contributed by atoms with van der Waals surface area (Å²) in [6, 6.07) is 0. The summed E-state index contributed by atoms with van der Waals surface area (Å²) in [6.07, 6.45) is 0. The molecule has 5 nitrogen and oxygen atoms in total. The average molecular weight is 241 g/mol. The van der Waals surface area contributed by atoms with Gasteiger partial charge in [0, 0.05) is 6.54 Å². The molecule has 0 amide bonds. The number of aromatic nitrogens is 3. The second-order valence-corrected chi connectivity index (χ2v) is 5.17. The van der Waals surface area contributed by atoms with Crippen molar-refractivity contribution in [3.05, 3.63) is 5.95 Å². The summed E-state index contributed by atoms with van der Waals surface area (Å²) >= 11 is 0. The number of aryl methyl sites for hydroxylation is 1. The van der Waals surface area contributed by atoms with Gasteiger partial charge in [-0.25, -0.2) is 4.68 Å². The van der Waals surface area contributed by atoms with E-state index in [4.69, 9.17) is 9.31 Å². The topological polar surface area (TPSA) is 49.2 Å². The van der Waals surface area contributed by atoms with Gasteiger partial charge in [0.05, 0.1) is 11.2 Å². The first-order valence-corrected chi connectivity index (χ1v) is 5.73. The lowest BCUT2D eigenvalue weighted by atomic mass is 9.85. The molecule has 1 aromatic rings. The molecule has 0 unspecified atom stereocenters. The molecule has 0 bridgehead atoms. The van der Waals surface area contributed by atoms with E-state index in [-0.39, 0.29) is 5.59 Å². The molecule has 2 heterocycles. The Morgan fingerprint density at radius 1 is 1.24 bits per heavy atom. The third-order valence-electron chi connectivity index (χ3n) is 3.47. The summed E-state index contributed by atoms with van der Waals surface area (Å²) < 4.78 is 26.5. The first-order valence-electron chi connectivity index (χ1n) is 5.73. The maximum atomic E-state index is 13.9. The summed E-state index contributed by atoms with van der Waals surface area (Å²) in [7, 11) is -0.791. The summed E-state index contributed by atoms with van der Waals surface area (Å²) in [5, 5.41) is 7.49. The van der Waals surface area contributed by atoms with Gasteiger partial charge in [-0.15, -0.1) is 5.10 Å². The highest BCUT2D eigenvalue weighted by atomic mass is 19.1. The lowest BCUT2D eigenvalue weighted by Crippen LogP contribution is -2.41. The first kappa shape index (κ1) is 12.5. The molecular formula is C10H17BFN3O2. The van der Waals surface area contributed by atoms with Crippen LogP contribution in [0.4, 0.5) is 4.39 Å². The van der Waals surface area contributed by atoms with Gasteiger partial charge in [0.25, 0.3) is 0 Å². The second kappa shape index (κ2) is 3.78. The van der Waals surface area contributed by atoms with Gasteiger partial charge in [0.15, 0.2) is 5.59 Å². The predicted octanol–water partition coefficient (Wildman–Crippen LogP) is 0.736. The molecule has 0 atom stereocenters. The van der Waals surface area contributed by atoms with E-state index in [1.165, 1.54) is 4.68 Å². The van der Waals surface area contributed by atoms with E-state index in [1.54, 1.807) is 6.92 Å². The van der Waals surface area contributed by atoms with Crippen LogP contribution in [0.1, 0.15) is 34.6 Å². The molecule has 1 aliphatic rings. The minimum absolute atomic E-state index is 0.116. The van der Waals surface area contributed by atoms with Crippen molar-refractivity contribution < 1.29 is 13.7 Å². The van der Waals surface area contributed by atoms with E-state index in [9.17, 15) is 4.39 Å². The van der Waals surface area contributed by atoms with Crippen molar-refractivity contribution in [2.75, 3.05) is 0 Å². The molecule has 2 rings (SSSR count). The summed E-state index contributed by atoms with van der Waals surface area (Å²) in [6.45, 7) is 9.87. The highest BCUT2D eigenvalue weighted by molar-refractivity contribution is 6.61. The third kappa shape index (κ3) is 1.87. The molecule has 1 aromatic heterocycles. The van der Waals surface area contributed by atoms with Crippen molar-refractivity contribution in [2.45, 2.75) is 52.4 Å². The van der Waals surface area contributed by atoms with Crippen LogP contribution >= 0.6 is 0 Å². The molecule has 0 aliphatic carbocycles. The first-order chi connectivity index (χ1) is 7.78. The van der Waals surface area contributed by atoms with Crippen molar-refractivity contribution >= 4 is 12.7 Å². The van der Waals surface area contributed by atoms with Crippen molar-refractivity contribution in [2.24, 2.45) is 0 Å². The number of halogens is 1. The van der Waals surface area contributed by atoms with Crippen LogP contribution in [0.2, 0.25) is 0 Å². The molecule has 0 N–H and O–H groups in total. The number of nitrogens with zero attached hydrogens (tertiary/aromatic N) is 3. The largest absolute Gasteiger partial charge is 0.521 e. The second-order valence-electron chi connectivity index (χ2n) is 5.17. The van der Waals surface area contributed by atoms with Crippen LogP contribution in [0.5, 0.6) is 0 Å². The molecule has 0 aromatic carbocycles. The van der Waals surface area contributed by atoms with Crippen molar-refractivity contribution in [1.29, 1.82) is 0 Å². The molecule has 1 fully saturated rings. The van der Waals surface area contributed by atoms with Crippen molar-refractivity contribution in [1.82, 2.24) is 15.0 Å². The summed E-state index contributed by atoms with van der Waals surface area (Å²) in [5.41, 5.74) is -0.884. The Balaban J connectivity index is 2.29. The maximum Gasteiger partial charge on any atom is 0.521 e. The van der Waals surface area contributed by atoms with Gasteiger partial charge >= 0.3 is 7.12 Å². The van der Waals surface area contributed by atoms with E-state index in [0.29, 0.717) is 6.54 Å². The van der Waals surface area contributed by atoms with E-state index in [0.717, 1.165) is 0 Å². The zero-order chi connectivity index (χ0) is 12.8. The number of hydrogen-bond acceptors (Lipinski definition) is 4. The van der Waals surface area contributed by atoms with Gasteiger partial charge in [-0.1, -0.05) is 5.21 Å². The molecule has 0 radical (unpaired) electrons. The lowest BCUT2D eigenvalue weighted by molar-refractivity contribution is 0.00578. The van der Waals surface area contributed by atoms with E-state index in [2.05, 4.69) is 10.3 Å². The zero-order valence-electron chi connectivity index (χ0n) is 10.8. The molecular weight excluding hydrogens is 224 g/mol. The van der Waals surface area contributed by atoms with Gasteiger partial charge in [-0.2, -0.15) is 4.39 Å². The Morgan fingerprint density at radius 2 is 1.76 bits per heavy atom. The lowest BCUT2D eigenvalue weighted by Gasteiger charge is -2.32. The van der Waals surface area contributed by atoms with Crippen LogP contribution in [-0.4, -0.2) is 33.3 Å². The van der Waals surface area contributed by atoms with Gasteiger partial charge in [-0.05, 0) is 34.6 Å². The maximum absolute atomic E-state index is 13.9. The van der Waals surface area contributed by atoms with E-state index in [1.807, 2.05) is 27.7 Å².